The van der Waals surface area contributed by atoms with Crippen LogP contribution in [0.4, 0.5) is 5.13 Å². The third-order valence-electron chi connectivity index (χ3n) is 1.14. The zero-order valence-corrected chi connectivity index (χ0v) is 7.54. The summed E-state index contributed by atoms with van der Waals surface area (Å²) in [6.07, 6.45) is 1.34. The number of nitrogens with zero attached hydrogens (tertiary/aromatic N) is 2. The van der Waals surface area contributed by atoms with Gasteiger partial charge < -0.3 is 15.7 Å². The number of nitrogen functional groups attached to an aromatic ring is 1. The van der Waals surface area contributed by atoms with Crippen LogP contribution in [0, 0.1) is 0 Å². The number of anilines is 1. The summed E-state index contributed by atoms with van der Waals surface area (Å²) in [5.41, 5.74) is 5.13. The Morgan fingerprint density at radius 1 is 1.85 bits per heavy atom. The van der Waals surface area contributed by atoms with Crippen molar-refractivity contribution in [2.45, 2.75) is 0 Å². The molecule has 0 aliphatic heterocycles. The number of nitrogens with two attached hydrogens (primary N) is 1. The lowest BCUT2D eigenvalue weighted by Crippen LogP contribution is -2.13. The molecule has 0 radical (unpaired) electrons. The quantitative estimate of drug-likeness (QED) is 0.536. The number of carbonyl (C=O) groups is 1. The predicted molar refractivity (Wildman–Crippen MR) is 47.7 cm³/mol. The maximum absolute atomic E-state index is 10.6. The molecule has 1 rings (SSSR count). The van der Waals surface area contributed by atoms with Crippen LogP contribution in [0.1, 0.15) is 4.88 Å². The van der Waals surface area contributed by atoms with Crippen molar-refractivity contribution in [2.24, 2.45) is 5.16 Å². The van der Waals surface area contributed by atoms with Crippen LogP contribution in [0.3, 0.4) is 0 Å². The van der Waals surface area contributed by atoms with Gasteiger partial charge in [-0.05, 0) is 0 Å². The van der Waals surface area contributed by atoms with E-state index in [4.69, 9.17) is 10.8 Å². The zero-order valence-electron chi connectivity index (χ0n) is 6.72. The molecule has 6 nitrogen and oxygen atoms in total. The molecule has 7 heteroatoms. The molecule has 0 fully saturated rings. The van der Waals surface area contributed by atoms with Crippen LogP contribution in [0.15, 0.2) is 11.4 Å². The van der Waals surface area contributed by atoms with Crippen molar-refractivity contribution in [2.75, 3.05) is 12.8 Å². The minimum absolute atomic E-state index is 0.197. The second-order valence-corrected chi connectivity index (χ2v) is 3.05. The molecule has 1 aromatic heterocycles. The molecule has 0 bridgehead atoms. The van der Waals surface area contributed by atoms with Gasteiger partial charge in [0.15, 0.2) is 5.13 Å². The summed E-state index contributed by atoms with van der Waals surface area (Å²) in [4.78, 5) is 19.1. The molecule has 1 heterocycles. The van der Waals surface area contributed by atoms with Gasteiger partial charge in [0.1, 0.15) is 7.11 Å². The Bertz CT molecular complexity index is 347. The van der Waals surface area contributed by atoms with Gasteiger partial charge in [-0.25, -0.2) is 9.78 Å². The van der Waals surface area contributed by atoms with Crippen molar-refractivity contribution in [3.63, 3.8) is 0 Å². The highest BCUT2D eigenvalue weighted by Crippen LogP contribution is 2.15. The second kappa shape index (κ2) is 3.85. The molecule has 0 aliphatic rings. The van der Waals surface area contributed by atoms with E-state index in [1.165, 1.54) is 13.3 Å². The SMILES string of the molecule is CO/N=C(\C(=O)O)c1cnc(N)s1. The van der Waals surface area contributed by atoms with Crippen molar-refractivity contribution in [1.82, 2.24) is 4.98 Å². The average Bonchev–Trinajstić information content (AvgIpc) is 2.46. The number of carboxylic acid groups (broad SMARTS) is 1. The van der Waals surface area contributed by atoms with Crippen LogP contribution in [-0.2, 0) is 9.63 Å². The largest absolute Gasteiger partial charge is 0.476 e. The molecule has 1 aromatic rings. The minimum Gasteiger partial charge on any atom is -0.476 e. The minimum atomic E-state index is -1.18. The molecule has 0 saturated carbocycles. The maximum atomic E-state index is 10.6. The maximum Gasteiger partial charge on any atom is 0.359 e. The van der Waals surface area contributed by atoms with Crippen LogP contribution in [0.5, 0.6) is 0 Å². The molecule has 13 heavy (non-hydrogen) atoms. The summed E-state index contributed by atoms with van der Waals surface area (Å²) in [6.45, 7) is 0. The van der Waals surface area contributed by atoms with E-state index in [1.807, 2.05) is 0 Å². The number of aliphatic carboxylic acids is 1. The number of carboxylic acids is 1. The average molecular weight is 201 g/mol. The predicted octanol–water partition coefficient (Wildman–Crippen LogP) is 0.160. The highest BCUT2D eigenvalue weighted by atomic mass is 32.1. The van der Waals surface area contributed by atoms with E-state index in [-0.39, 0.29) is 5.71 Å². The molecule has 0 saturated heterocycles. The number of hydrogen-bond acceptors (Lipinski definition) is 6. The molecule has 0 atom stereocenters. The van der Waals surface area contributed by atoms with E-state index >= 15 is 0 Å². The fourth-order valence-electron chi connectivity index (χ4n) is 0.678. The molecule has 0 aliphatic carbocycles. The van der Waals surface area contributed by atoms with E-state index in [1.54, 1.807) is 0 Å². The zero-order chi connectivity index (χ0) is 9.84. The fourth-order valence-corrected chi connectivity index (χ4v) is 1.34. The Balaban J connectivity index is 3.02. The summed E-state index contributed by atoms with van der Waals surface area (Å²) >= 11 is 1.04. The second-order valence-electron chi connectivity index (χ2n) is 1.99. The number of aromatic nitrogens is 1. The smallest absolute Gasteiger partial charge is 0.359 e. The van der Waals surface area contributed by atoms with Gasteiger partial charge in [-0.3, -0.25) is 0 Å². The van der Waals surface area contributed by atoms with Gasteiger partial charge in [0.25, 0.3) is 0 Å². The molecule has 0 aromatic carbocycles. The van der Waals surface area contributed by atoms with E-state index < -0.39 is 5.97 Å². The van der Waals surface area contributed by atoms with Gasteiger partial charge in [0.2, 0.25) is 5.71 Å². The Morgan fingerprint density at radius 2 is 2.54 bits per heavy atom. The number of rotatable bonds is 3. The van der Waals surface area contributed by atoms with Gasteiger partial charge >= 0.3 is 5.97 Å². The molecule has 70 valence electrons. The molecule has 3 N–H and O–H groups in total. The summed E-state index contributed by atoms with van der Waals surface area (Å²) in [5, 5.41) is 12.3. The molecule has 0 unspecified atom stereocenters. The summed E-state index contributed by atoms with van der Waals surface area (Å²) in [7, 11) is 1.27. The Kier molecular flexibility index (Phi) is 2.80. The van der Waals surface area contributed by atoms with E-state index in [2.05, 4.69) is 15.0 Å². The third-order valence-corrected chi connectivity index (χ3v) is 1.98. The van der Waals surface area contributed by atoms with Crippen molar-refractivity contribution < 1.29 is 14.7 Å². The first-order valence-electron chi connectivity index (χ1n) is 3.21. The van der Waals surface area contributed by atoms with Crippen molar-refractivity contribution >= 4 is 28.1 Å². The van der Waals surface area contributed by atoms with Crippen molar-refractivity contribution in [3.8, 4) is 0 Å². The first-order valence-corrected chi connectivity index (χ1v) is 4.03. The van der Waals surface area contributed by atoms with Gasteiger partial charge in [0.05, 0.1) is 11.1 Å². The van der Waals surface area contributed by atoms with Crippen LogP contribution >= 0.6 is 11.3 Å². The Morgan fingerprint density at radius 3 is 2.92 bits per heavy atom. The van der Waals surface area contributed by atoms with Gasteiger partial charge in [-0.15, -0.1) is 0 Å². The van der Waals surface area contributed by atoms with Gasteiger partial charge in [-0.2, -0.15) is 0 Å². The Labute approximate surface area is 77.6 Å². The molecular weight excluding hydrogens is 194 g/mol. The Hall–Kier alpha value is -1.63. The first-order chi connectivity index (χ1) is 6.15. The van der Waals surface area contributed by atoms with Crippen LogP contribution < -0.4 is 5.73 Å². The lowest BCUT2D eigenvalue weighted by Gasteiger charge is -1.94. The van der Waals surface area contributed by atoms with Crippen molar-refractivity contribution in [1.29, 1.82) is 0 Å². The van der Waals surface area contributed by atoms with E-state index in [0.717, 1.165) is 11.3 Å². The number of hydrogen-bond donors (Lipinski definition) is 2. The highest BCUT2D eigenvalue weighted by Gasteiger charge is 2.16. The van der Waals surface area contributed by atoms with Crippen LogP contribution in [-0.4, -0.2) is 28.9 Å². The third kappa shape index (κ3) is 2.15. The van der Waals surface area contributed by atoms with Gasteiger partial charge in [0, 0.05) is 0 Å². The summed E-state index contributed by atoms with van der Waals surface area (Å²) < 4.78 is 0. The van der Waals surface area contributed by atoms with E-state index in [0.29, 0.717) is 10.0 Å². The standard InChI is InChI=1S/C6H7N3O3S/c1-12-9-4(5(10)11)3-2-8-6(7)13-3/h2H,1H3,(H2,7,8)(H,10,11)/b9-4-. The van der Waals surface area contributed by atoms with Gasteiger partial charge in [-0.1, -0.05) is 16.5 Å². The summed E-state index contributed by atoms with van der Waals surface area (Å²) in [5.74, 6) is -1.18. The highest BCUT2D eigenvalue weighted by molar-refractivity contribution is 7.18. The monoisotopic (exact) mass is 201 g/mol. The van der Waals surface area contributed by atoms with E-state index in [9.17, 15) is 4.79 Å². The number of thiazole rings is 1. The van der Waals surface area contributed by atoms with Crippen LogP contribution in [0.2, 0.25) is 0 Å². The topological polar surface area (TPSA) is 97.8 Å². The lowest BCUT2D eigenvalue weighted by atomic mass is 10.3. The first kappa shape index (κ1) is 9.46. The number of oxime groups is 1. The fraction of sp³-hybridized carbons (Fsp3) is 0.167. The van der Waals surface area contributed by atoms with Crippen molar-refractivity contribution in [3.05, 3.63) is 11.1 Å². The normalized spacial score (nSPS) is 11.3. The lowest BCUT2D eigenvalue weighted by molar-refractivity contribution is -0.129. The molecule has 0 amide bonds. The molecular formula is C6H7N3O3S. The molecule has 0 spiro atoms. The summed E-state index contributed by atoms with van der Waals surface area (Å²) in [6, 6.07) is 0. The van der Waals surface area contributed by atoms with Crippen LogP contribution in [0.25, 0.3) is 0 Å².